The first-order valence-corrected chi connectivity index (χ1v) is 10.4. The Labute approximate surface area is 174 Å². The number of nitrogens with zero attached hydrogens (tertiary/aromatic N) is 3. The first-order valence-electron chi connectivity index (χ1n) is 8.26. The number of hydrogen-bond acceptors (Lipinski definition) is 6. The number of anilines is 1. The zero-order valence-electron chi connectivity index (χ0n) is 15.0. The Morgan fingerprint density at radius 1 is 1.29 bits per heavy atom. The lowest BCUT2D eigenvalue weighted by molar-refractivity contribution is 0.102. The van der Waals surface area contributed by atoms with E-state index in [1.807, 2.05) is 34.4 Å². The average molecular weight is 431 g/mol. The van der Waals surface area contributed by atoms with Gasteiger partial charge in [0.15, 0.2) is 5.13 Å². The van der Waals surface area contributed by atoms with Crippen LogP contribution in [0, 0.1) is 6.92 Å². The molecular formula is C19H15ClN4O2S2. The van der Waals surface area contributed by atoms with Crippen LogP contribution in [-0.4, -0.2) is 27.6 Å². The predicted octanol–water partition coefficient (Wildman–Crippen LogP) is 5.28. The minimum Gasteiger partial charge on any atom is -0.496 e. The Morgan fingerprint density at radius 2 is 2.14 bits per heavy atom. The van der Waals surface area contributed by atoms with Crippen molar-refractivity contribution in [2.75, 3.05) is 12.4 Å². The number of methoxy groups -OCH3 is 1. The Bertz CT molecular complexity index is 1130. The number of hydrogen-bond donors (Lipinski definition) is 1. The van der Waals surface area contributed by atoms with E-state index < -0.39 is 0 Å². The molecule has 0 radical (unpaired) electrons. The highest BCUT2D eigenvalue weighted by molar-refractivity contribution is 7.15. The van der Waals surface area contributed by atoms with Crippen molar-refractivity contribution in [3.63, 3.8) is 0 Å². The van der Waals surface area contributed by atoms with Crippen LogP contribution in [0.5, 0.6) is 5.75 Å². The maximum Gasteiger partial charge on any atom is 0.260 e. The Kier molecular flexibility index (Phi) is 5.17. The largest absolute Gasteiger partial charge is 0.496 e. The van der Waals surface area contributed by atoms with E-state index in [1.165, 1.54) is 18.4 Å². The van der Waals surface area contributed by atoms with Crippen LogP contribution < -0.4 is 10.1 Å². The van der Waals surface area contributed by atoms with Gasteiger partial charge in [0.05, 0.1) is 29.4 Å². The lowest BCUT2D eigenvalue weighted by Gasteiger charge is -2.11. The molecule has 0 saturated heterocycles. The number of aryl methyl sites for hydroxylation is 1. The molecule has 1 aromatic carbocycles. The molecule has 142 valence electrons. The van der Waals surface area contributed by atoms with Crippen LogP contribution in [0.15, 0.2) is 47.3 Å². The Balaban J connectivity index is 1.66. The number of rotatable bonds is 5. The number of amides is 1. The zero-order chi connectivity index (χ0) is 19.7. The van der Waals surface area contributed by atoms with Crippen molar-refractivity contribution in [2.24, 2.45) is 0 Å². The quantitative estimate of drug-likeness (QED) is 0.467. The molecule has 4 rings (SSSR count). The molecule has 0 aliphatic heterocycles. The zero-order valence-corrected chi connectivity index (χ0v) is 17.4. The summed E-state index contributed by atoms with van der Waals surface area (Å²) in [7, 11) is 1.51. The van der Waals surface area contributed by atoms with Gasteiger partial charge in [-0.2, -0.15) is 0 Å². The molecule has 3 heterocycles. The molecule has 0 aliphatic carbocycles. The van der Waals surface area contributed by atoms with Gasteiger partial charge in [-0.05, 0) is 36.6 Å². The number of imidazole rings is 1. The lowest BCUT2D eigenvalue weighted by Crippen LogP contribution is -2.16. The summed E-state index contributed by atoms with van der Waals surface area (Å²) in [5, 5.41) is 8.07. The van der Waals surface area contributed by atoms with E-state index in [0.29, 0.717) is 22.2 Å². The number of thiophene rings is 1. The highest BCUT2D eigenvalue weighted by Crippen LogP contribution is 2.30. The second-order valence-corrected chi connectivity index (χ2v) is 8.04. The maximum absolute atomic E-state index is 12.8. The summed E-state index contributed by atoms with van der Waals surface area (Å²) in [6.45, 7) is 1.86. The fourth-order valence-corrected chi connectivity index (χ4v) is 4.54. The number of carbonyl (C=O) groups is 1. The summed E-state index contributed by atoms with van der Waals surface area (Å²) in [5.41, 5.74) is 1.25. The van der Waals surface area contributed by atoms with Gasteiger partial charge in [0.25, 0.3) is 5.91 Å². The van der Waals surface area contributed by atoms with E-state index in [2.05, 4.69) is 10.3 Å². The van der Waals surface area contributed by atoms with E-state index in [0.717, 1.165) is 21.5 Å². The van der Waals surface area contributed by atoms with Crippen LogP contribution >= 0.6 is 34.3 Å². The van der Waals surface area contributed by atoms with Crippen molar-refractivity contribution < 1.29 is 9.53 Å². The van der Waals surface area contributed by atoms with Gasteiger partial charge in [-0.15, -0.1) is 22.7 Å². The van der Waals surface area contributed by atoms with Gasteiger partial charge in [-0.3, -0.25) is 9.36 Å². The number of aromatic nitrogens is 3. The van der Waals surface area contributed by atoms with E-state index in [-0.39, 0.29) is 5.91 Å². The van der Waals surface area contributed by atoms with Crippen LogP contribution in [-0.2, 0) is 0 Å². The second-order valence-electron chi connectivity index (χ2n) is 5.82. The van der Waals surface area contributed by atoms with Gasteiger partial charge in [0.2, 0.25) is 0 Å². The van der Waals surface area contributed by atoms with Crippen molar-refractivity contribution in [3.8, 4) is 21.5 Å². The summed E-state index contributed by atoms with van der Waals surface area (Å²) in [6, 6.07) is 8.92. The third-order valence-corrected chi connectivity index (χ3v) is 6.00. The van der Waals surface area contributed by atoms with Crippen molar-refractivity contribution in [1.29, 1.82) is 0 Å². The average Bonchev–Trinajstić information content (AvgIpc) is 3.42. The van der Waals surface area contributed by atoms with Crippen LogP contribution in [0.2, 0.25) is 5.02 Å². The second kappa shape index (κ2) is 7.75. The summed E-state index contributed by atoms with van der Waals surface area (Å²) in [4.78, 5) is 22.9. The molecule has 1 N–H and O–H groups in total. The first-order chi connectivity index (χ1) is 13.6. The first kappa shape index (κ1) is 18.7. The molecule has 0 unspecified atom stereocenters. The SMILES string of the molecule is COc1ccc(Cl)cc1C(=O)Nc1cnc(C)n1-c1nc(-c2cccs2)cs1. The van der Waals surface area contributed by atoms with Gasteiger partial charge in [-0.1, -0.05) is 17.7 Å². The van der Waals surface area contributed by atoms with Gasteiger partial charge in [0.1, 0.15) is 17.4 Å². The van der Waals surface area contributed by atoms with E-state index >= 15 is 0 Å². The van der Waals surface area contributed by atoms with Crippen LogP contribution in [0.4, 0.5) is 5.82 Å². The van der Waals surface area contributed by atoms with Crippen molar-refractivity contribution in [3.05, 3.63) is 63.7 Å². The Morgan fingerprint density at radius 3 is 2.89 bits per heavy atom. The minimum absolute atomic E-state index is 0.337. The fraction of sp³-hybridized carbons (Fsp3) is 0.105. The number of ether oxygens (including phenoxy) is 1. The number of halogens is 1. The normalized spacial score (nSPS) is 10.8. The molecule has 0 saturated carbocycles. The number of nitrogens with one attached hydrogen (secondary N) is 1. The van der Waals surface area contributed by atoms with E-state index in [4.69, 9.17) is 21.3 Å². The molecular weight excluding hydrogens is 416 g/mol. The third-order valence-electron chi connectivity index (χ3n) is 4.04. The summed E-state index contributed by atoms with van der Waals surface area (Å²) in [5.74, 6) is 1.35. The molecule has 0 fully saturated rings. The monoisotopic (exact) mass is 430 g/mol. The third kappa shape index (κ3) is 3.54. The molecule has 28 heavy (non-hydrogen) atoms. The molecule has 0 bridgehead atoms. The number of benzene rings is 1. The summed E-state index contributed by atoms with van der Waals surface area (Å²) < 4.78 is 7.09. The molecule has 6 nitrogen and oxygen atoms in total. The summed E-state index contributed by atoms with van der Waals surface area (Å²) in [6.07, 6.45) is 1.61. The molecule has 3 aromatic heterocycles. The standard InChI is InChI=1S/C19H15ClN4O2S2/c1-11-21-9-17(23-18(25)13-8-12(20)5-6-15(13)26-2)24(11)19-22-14(10-28-19)16-4-3-7-27-16/h3-10H,1-2H3,(H,23,25). The highest BCUT2D eigenvalue weighted by Gasteiger charge is 2.18. The van der Waals surface area contributed by atoms with E-state index in [1.54, 1.807) is 35.7 Å². The fourth-order valence-electron chi connectivity index (χ4n) is 2.72. The van der Waals surface area contributed by atoms with Gasteiger partial charge < -0.3 is 10.1 Å². The smallest absolute Gasteiger partial charge is 0.260 e. The van der Waals surface area contributed by atoms with E-state index in [9.17, 15) is 4.79 Å². The molecule has 9 heteroatoms. The van der Waals surface area contributed by atoms with Gasteiger partial charge >= 0.3 is 0 Å². The molecule has 0 spiro atoms. The van der Waals surface area contributed by atoms with Crippen molar-refractivity contribution in [2.45, 2.75) is 6.92 Å². The molecule has 1 amide bonds. The van der Waals surface area contributed by atoms with Crippen LogP contribution in [0.3, 0.4) is 0 Å². The lowest BCUT2D eigenvalue weighted by atomic mass is 10.2. The van der Waals surface area contributed by atoms with Crippen LogP contribution in [0.1, 0.15) is 16.2 Å². The Hall–Kier alpha value is -2.68. The maximum atomic E-state index is 12.8. The predicted molar refractivity (Wildman–Crippen MR) is 113 cm³/mol. The molecule has 4 aromatic rings. The minimum atomic E-state index is -0.337. The van der Waals surface area contributed by atoms with Crippen molar-refractivity contribution in [1.82, 2.24) is 14.5 Å². The topological polar surface area (TPSA) is 69.0 Å². The van der Waals surface area contributed by atoms with Crippen LogP contribution in [0.25, 0.3) is 15.7 Å². The number of carbonyl (C=O) groups excluding carboxylic acids is 1. The van der Waals surface area contributed by atoms with Gasteiger partial charge in [0, 0.05) is 10.4 Å². The number of thiazole rings is 1. The summed E-state index contributed by atoms with van der Waals surface area (Å²) >= 11 is 9.16. The molecule has 0 atom stereocenters. The van der Waals surface area contributed by atoms with Crippen molar-refractivity contribution >= 4 is 46.0 Å². The highest BCUT2D eigenvalue weighted by atomic mass is 35.5. The van der Waals surface area contributed by atoms with Gasteiger partial charge in [-0.25, -0.2) is 9.97 Å². The molecule has 0 aliphatic rings.